The van der Waals surface area contributed by atoms with Crippen molar-refractivity contribution in [2.45, 2.75) is 12.8 Å². The lowest BCUT2D eigenvalue weighted by Gasteiger charge is -1.88. The van der Waals surface area contributed by atoms with E-state index in [9.17, 15) is 8.78 Å². The van der Waals surface area contributed by atoms with Gasteiger partial charge in [0, 0.05) is 13.0 Å². The topological polar surface area (TPSA) is 64.9 Å². The first kappa shape index (κ1) is 8.06. The standard InChI is InChI=1S/C5H7F2N3O/c6-4(7)5-10-9-3(11-5)1-2-8/h4H,1-2,8H2. The highest BCUT2D eigenvalue weighted by Gasteiger charge is 2.14. The molecule has 6 heteroatoms. The average Bonchev–Trinajstić information content (AvgIpc) is 2.37. The quantitative estimate of drug-likeness (QED) is 0.704. The van der Waals surface area contributed by atoms with Crippen molar-refractivity contribution in [3.8, 4) is 0 Å². The van der Waals surface area contributed by atoms with Gasteiger partial charge in [-0.3, -0.25) is 0 Å². The molecule has 11 heavy (non-hydrogen) atoms. The van der Waals surface area contributed by atoms with Crippen molar-refractivity contribution in [3.63, 3.8) is 0 Å². The van der Waals surface area contributed by atoms with E-state index in [0.717, 1.165) is 0 Å². The SMILES string of the molecule is NCCc1nnc(C(F)F)o1. The highest BCUT2D eigenvalue weighted by atomic mass is 19.3. The van der Waals surface area contributed by atoms with Gasteiger partial charge >= 0.3 is 6.43 Å². The van der Waals surface area contributed by atoms with Crippen LogP contribution < -0.4 is 5.73 Å². The molecule has 0 spiro atoms. The second-order valence-corrected chi connectivity index (χ2v) is 1.87. The Morgan fingerprint density at radius 1 is 1.45 bits per heavy atom. The van der Waals surface area contributed by atoms with Gasteiger partial charge in [0.25, 0.3) is 5.89 Å². The van der Waals surface area contributed by atoms with Crippen LogP contribution in [-0.4, -0.2) is 16.7 Å². The molecule has 0 fully saturated rings. The van der Waals surface area contributed by atoms with Crippen molar-refractivity contribution in [1.29, 1.82) is 0 Å². The second kappa shape index (κ2) is 3.38. The summed E-state index contributed by atoms with van der Waals surface area (Å²) in [6.07, 6.45) is -2.37. The molecule has 1 rings (SSSR count). The Bertz CT molecular complexity index is 225. The molecule has 0 saturated heterocycles. The number of aromatic nitrogens is 2. The van der Waals surface area contributed by atoms with Crippen molar-refractivity contribution in [2.24, 2.45) is 5.73 Å². The van der Waals surface area contributed by atoms with E-state index >= 15 is 0 Å². The molecule has 0 bridgehead atoms. The van der Waals surface area contributed by atoms with Crippen LogP contribution in [-0.2, 0) is 6.42 Å². The van der Waals surface area contributed by atoms with Crippen LogP contribution in [0.1, 0.15) is 18.2 Å². The lowest BCUT2D eigenvalue weighted by Crippen LogP contribution is -2.02. The Kier molecular flexibility index (Phi) is 2.48. The highest BCUT2D eigenvalue weighted by Crippen LogP contribution is 2.16. The summed E-state index contributed by atoms with van der Waals surface area (Å²) in [4.78, 5) is 0. The van der Waals surface area contributed by atoms with Gasteiger partial charge < -0.3 is 10.2 Å². The Hall–Kier alpha value is -1.04. The van der Waals surface area contributed by atoms with Gasteiger partial charge in [-0.05, 0) is 0 Å². The molecular formula is C5H7F2N3O. The van der Waals surface area contributed by atoms with Crippen molar-refractivity contribution in [3.05, 3.63) is 11.8 Å². The van der Waals surface area contributed by atoms with Crippen molar-refractivity contribution < 1.29 is 13.2 Å². The molecule has 0 unspecified atom stereocenters. The summed E-state index contributed by atoms with van der Waals surface area (Å²) in [6.45, 7) is 0.310. The van der Waals surface area contributed by atoms with Gasteiger partial charge in [0.05, 0.1) is 0 Å². The predicted octanol–water partition coefficient (Wildman–Crippen LogP) is 0.508. The van der Waals surface area contributed by atoms with Crippen LogP contribution in [0.15, 0.2) is 4.42 Å². The third kappa shape index (κ3) is 1.94. The molecule has 4 nitrogen and oxygen atoms in total. The maximum absolute atomic E-state index is 11.8. The Labute approximate surface area is 61.4 Å². The first-order valence-corrected chi connectivity index (χ1v) is 3.04. The van der Waals surface area contributed by atoms with Gasteiger partial charge in [0.15, 0.2) is 0 Å². The first-order chi connectivity index (χ1) is 5.24. The van der Waals surface area contributed by atoms with Gasteiger partial charge in [-0.15, -0.1) is 10.2 Å². The van der Waals surface area contributed by atoms with E-state index in [-0.39, 0.29) is 5.89 Å². The van der Waals surface area contributed by atoms with Gasteiger partial charge in [-0.25, -0.2) is 0 Å². The van der Waals surface area contributed by atoms with E-state index in [1.807, 2.05) is 0 Å². The smallest absolute Gasteiger partial charge is 0.314 e. The predicted molar refractivity (Wildman–Crippen MR) is 32.0 cm³/mol. The van der Waals surface area contributed by atoms with E-state index in [4.69, 9.17) is 5.73 Å². The minimum Gasteiger partial charge on any atom is -0.420 e. The van der Waals surface area contributed by atoms with Gasteiger partial charge in [-0.1, -0.05) is 0 Å². The number of alkyl halides is 2. The van der Waals surface area contributed by atoms with E-state index in [1.165, 1.54) is 0 Å². The Morgan fingerprint density at radius 3 is 2.64 bits per heavy atom. The highest BCUT2D eigenvalue weighted by molar-refractivity contribution is 4.82. The van der Waals surface area contributed by atoms with Crippen molar-refractivity contribution in [2.75, 3.05) is 6.54 Å². The molecule has 0 aliphatic carbocycles. The van der Waals surface area contributed by atoms with Crippen LogP contribution in [0.25, 0.3) is 0 Å². The zero-order chi connectivity index (χ0) is 8.27. The zero-order valence-corrected chi connectivity index (χ0v) is 5.63. The van der Waals surface area contributed by atoms with E-state index < -0.39 is 12.3 Å². The molecule has 1 aromatic rings. The molecule has 62 valence electrons. The summed E-state index contributed by atoms with van der Waals surface area (Å²) in [5.74, 6) is -0.490. The van der Waals surface area contributed by atoms with E-state index in [1.54, 1.807) is 0 Å². The van der Waals surface area contributed by atoms with E-state index in [2.05, 4.69) is 14.6 Å². The summed E-state index contributed by atoms with van der Waals surface area (Å²) < 4.78 is 28.1. The number of hydrogen-bond acceptors (Lipinski definition) is 4. The minimum atomic E-state index is -2.70. The van der Waals surface area contributed by atoms with E-state index in [0.29, 0.717) is 13.0 Å². The molecule has 1 heterocycles. The molecule has 0 aliphatic rings. The van der Waals surface area contributed by atoms with Crippen LogP contribution in [0, 0.1) is 0 Å². The minimum absolute atomic E-state index is 0.155. The molecule has 2 N–H and O–H groups in total. The maximum atomic E-state index is 11.8. The van der Waals surface area contributed by atoms with Crippen LogP contribution in [0.4, 0.5) is 8.78 Å². The van der Waals surface area contributed by atoms with Crippen molar-refractivity contribution >= 4 is 0 Å². The summed E-state index contributed by atoms with van der Waals surface area (Å²) in [5, 5.41) is 6.46. The fourth-order valence-electron chi connectivity index (χ4n) is 0.579. The third-order valence-corrected chi connectivity index (χ3v) is 1.03. The molecule has 0 amide bonds. The summed E-state index contributed by atoms with van der Waals surface area (Å²) in [5.41, 5.74) is 5.13. The van der Waals surface area contributed by atoms with Crippen LogP contribution in [0.2, 0.25) is 0 Å². The fraction of sp³-hybridized carbons (Fsp3) is 0.600. The summed E-state index contributed by atoms with van der Waals surface area (Å²) >= 11 is 0. The normalized spacial score (nSPS) is 10.9. The average molecular weight is 163 g/mol. The molecule has 1 aromatic heterocycles. The monoisotopic (exact) mass is 163 g/mol. The van der Waals surface area contributed by atoms with Crippen LogP contribution in [0.5, 0.6) is 0 Å². The lowest BCUT2D eigenvalue weighted by atomic mass is 10.4. The number of halogens is 2. The Morgan fingerprint density at radius 2 is 2.18 bits per heavy atom. The summed E-state index contributed by atoms with van der Waals surface area (Å²) in [7, 11) is 0. The Balaban J connectivity index is 2.66. The maximum Gasteiger partial charge on any atom is 0.314 e. The van der Waals surface area contributed by atoms with Gasteiger partial charge in [-0.2, -0.15) is 8.78 Å². The fourth-order valence-corrected chi connectivity index (χ4v) is 0.579. The molecule has 0 aromatic carbocycles. The molecule has 0 atom stereocenters. The molecule has 0 saturated carbocycles. The number of rotatable bonds is 3. The van der Waals surface area contributed by atoms with Crippen LogP contribution >= 0.6 is 0 Å². The summed E-state index contributed by atoms with van der Waals surface area (Å²) in [6, 6.07) is 0. The largest absolute Gasteiger partial charge is 0.420 e. The first-order valence-electron chi connectivity index (χ1n) is 3.04. The van der Waals surface area contributed by atoms with Crippen molar-refractivity contribution in [1.82, 2.24) is 10.2 Å². The third-order valence-electron chi connectivity index (χ3n) is 1.03. The number of hydrogen-bond donors (Lipinski definition) is 1. The molecular weight excluding hydrogens is 156 g/mol. The molecule has 0 aliphatic heterocycles. The lowest BCUT2D eigenvalue weighted by molar-refractivity contribution is 0.113. The second-order valence-electron chi connectivity index (χ2n) is 1.87. The number of nitrogens with zero attached hydrogens (tertiary/aromatic N) is 2. The number of nitrogens with two attached hydrogens (primary N) is 1. The van der Waals surface area contributed by atoms with Gasteiger partial charge in [0.1, 0.15) is 0 Å². The van der Waals surface area contributed by atoms with Crippen LogP contribution in [0.3, 0.4) is 0 Å². The zero-order valence-electron chi connectivity index (χ0n) is 5.63. The molecule has 0 radical (unpaired) electrons. The van der Waals surface area contributed by atoms with Gasteiger partial charge in [0.2, 0.25) is 5.89 Å².